The number of nitrogens with one attached hydrogen (secondary N) is 2. The third kappa shape index (κ3) is 6.34. The lowest BCUT2D eigenvalue weighted by molar-refractivity contribution is 0.0124. The van der Waals surface area contributed by atoms with Crippen molar-refractivity contribution in [3.05, 3.63) is 59.5 Å². The Morgan fingerprint density at radius 1 is 1.06 bits per heavy atom. The van der Waals surface area contributed by atoms with Crippen molar-refractivity contribution in [3.8, 4) is 0 Å². The lowest BCUT2D eigenvalue weighted by atomic mass is 10.0. The minimum Gasteiger partial charge on any atom is -0.465 e. The van der Waals surface area contributed by atoms with Gasteiger partial charge in [0.15, 0.2) is 5.96 Å². The van der Waals surface area contributed by atoms with Gasteiger partial charge in [0.25, 0.3) is 0 Å². The van der Waals surface area contributed by atoms with Crippen molar-refractivity contribution in [2.75, 3.05) is 53.0 Å². The Morgan fingerprint density at radius 3 is 2.47 bits per heavy atom. The van der Waals surface area contributed by atoms with Crippen LogP contribution in [0.5, 0.6) is 0 Å². The molecule has 2 aliphatic heterocycles. The minimum absolute atomic E-state index is 0.166. The molecule has 2 fully saturated rings. The molecule has 2 saturated heterocycles. The van der Waals surface area contributed by atoms with Gasteiger partial charge in [-0.1, -0.05) is 30.3 Å². The molecule has 1 aromatic heterocycles. The molecule has 32 heavy (non-hydrogen) atoms. The van der Waals surface area contributed by atoms with Crippen LogP contribution >= 0.6 is 0 Å². The summed E-state index contributed by atoms with van der Waals surface area (Å²) < 4.78 is 11.5. The van der Waals surface area contributed by atoms with Gasteiger partial charge >= 0.3 is 0 Å². The second-order valence-electron chi connectivity index (χ2n) is 8.75. The second kappa shape index (κ2) is 11.5. The average molecular weight is 440 g/mol. The molecule has 7 nitrogen and oxygen atoms in total. The number of nitrogens with zero attached hydrogens (tertiary/aromatic N) is 3. The minimum atomic E-state index is 0.166. The van der Waals surface area contributed by atoms with Crippen LogP contribution in [0.15, 0.2) is 51.9 Å². The standard InChI is InChI=1S/C25H37N5O2/c1-20-8-9-24(32-20)23(30-14-16-31-17-15-30)18-27-25(26-2)28-22-10-12-29(13-11-22)19-21-6-4-3-5-7-21/h3-9,22-23H,10-19H2,1-2H3,(H2,26,27,28). The number of piperidine rings is 1. The van der Waals surface area contributed by atoms with E-state index in [1.807, 2.05) is 20.0 Å². The van der Waals surface area contributed by atoms with Gasteiger partial charge in [0, 0.05) is 52.4 Å². The van der Waals surface area contributed by atoms with Crippen LogP contribution in [0.2, 0.25) is 0 Å². The molecule has 0 amide bonds. The summed E-state index contributed by atoms with van der Waals surface area (Å²) >= 11 is 0. The van der Waals surface area contributed by atoms with Crippen LogP contribution in [-0.2, 0) is 11.3 Å². The fourth-order valence-electron chi connectivity index (χ4n) is 4.59. The number of morpholine rings is 1. The molecule has 4 rings (SSSR count). The smallest absolute Gasteiger partial charge is 0.191 e. The predicted octanol–water partition coefficient (Wildman–Crippen LogP) is 2.79. The molecule has 0 radical (unpaired) electrons. The van der Waals surface area contributed by atoms with Crippen LogP contribution in [0.25, 0.3) is 0 Å². The van der Waals surface area contributed by atoms with Crippen LogP contribution < -0.4 is 10.6 Å². The zero-order chi connectivity index (χ0) is 22.2. The Morgan fingerprint density at radius 2 is 1.81 bits per heavy atom. The highest BCUT2D eigenvalue weighted by atomic mass is 16.5. The van der Waals surface area contributed by atoms with Crippen LogP contribution in [0.1, 0.15) is 36.0 Å². The summed E-state index contributed by atoms with van der Waals surface area (Å²) in [6.07, 6.45) is 2.25. The van der Waals surface area contributed by atoms with Gasteiger partial charge in [0.1, 0.15) is 11.5 Å². The quantitative estimate of drug-likeness (QED) is 0.511. The fraction of sp³-hybridized carbons (Fsp3) is 0.560. The number of rotatable bonds is 7. The van der Waals surface area contributed by atoms with Gasteiger partial charge in [-0.25, -0.2) is 0 Å². The first kappa shape index (κ1) is 22.8. The zero-order valence-electron chi connectivity index (χ0n) is 19.4. The zero-order valence-corrected chi connectivity index (χ0v) is 19.4. The number of hydrogen-bond donors (Lipinski definition) is 2. The number of hydrogen-bond acceptors (Lipinski definition) is 5. The Hall–Kier alpha value is -2.35. The molecule has 2 N–H and O–H groups in total. The van der Waals surface area contributed by atoms with E-state index < -0.39 is 0 Å². The van der Waals surface area contributed by atoms with Crippen molar-refractivity contribution in [1.29, 1.82) is 0 Å². The van der Waals surface area contributed by atoms with Crippen molar-refractivity contribution in [3.63, 3.8) is 0 Å². The molecular weight excluding hydrogens is 402 g/mol. The Labute approximate surface area is 191 Å². The number of ether oxygens (including phenoxy) is 1. The van der Waals surface area contributed by atoms with Gasteiger partial charge in [0.05, 0.1) is 19.3 Å². The number of likely N-dealkylation sites (tertiary alicyclic amines) is 1. The SMILES string of the molecule is CN=C(NCC(c1ccc(C)o1)N1CCOCC1)NC1CCN(Cc2ccccc2)CC1. The number of guanidine groups is 1. The van der Waals surface area contributed by atoms with E-state index in [9.17, 15) is 0 Å². The van der Waals surface area contributed by atoms with E-state index in [-0.39, 0.29) is 6.04 Å². The number of benzene rings is 1. The molecule has 174 valence electrons. The van der Waals surface area contributed by atoms with Crippen molar-refractivity contribution in [1.82, 2.24) is 20.4 Å². The van der Waals surface area contributed by atoms with Gasteiger partial charge in [-0.2, -0.15) is 0 Å². The molecule has 0 aliphatic carbocycles. The largest absolute Gasteiger partial charge is 0.465 e. The molecule has 1 atom stereocenters. The van der Waals surface area contributed by atoms with Gasteiger partial charge in [-0.15, -0.1) is 0 Å². The highest BCUT2D eigenvalue weighted by Crippen LogP contribution is 2.23. The Kier molecular flexibility index (Phi) is 8.20. The Balaban J connectivity index is 1.27. The molecule has 7 heteroatoms. The van der Waals surface area contributed by atoms with Gasteiger partial charge < -0.3 is 19.8 Å². The summed E-state index contributed by atoms with van der Waals surface area (Å²) in [4.78, 5) is 9.47. The third-order valence-corrected chi connectivity index (χ3v) is 6.44. The summed E-state index contributed by atoms with van der Waals surface area (Å²) in [5.74, 6) is 2.82. The van der Waals surface area contributed by atoms with E-state index in [4.69, 9.17) is 9.15 Å². The van der Waals surface area contributed by atoms with Crippen LogP contribution in [0.4, 0.5) is 0 Å². The Bertz CT molecular complexity index is 839. The maximum absolute atomic E-state index is 5.99. The molecule has 3 heterocycles. The lowest BCUT2D eigenvalue weighted by Crippen LogP contribution is -2.50. The number of furan rings is 1. The third-order valence-electron chi connectivity index (χ3n) is 6.44. The predicted molar refractivity (Wildman–Crippen MR) is 128 cm³/mol. The van der Waals surface area contributed by atoms with Crippen LogP contribution in [0.3, 0.4) is 0 Å². The molecule has 2 aliphatic rings. The first-order valence-corrected chi connectivity index (χ1v) is 11.8. The van der Waals surface area contributed by atoms with Crippen LogP contribution in [-0.4, -0.2) is 74.8 Å². The molecule has 0 bridgehead atoms. The van der Waals surface area contributed by atoms with E-state index in [1.165, 1.54) is 5.56 Å². The van der Waals surface area contributed by atoms with Gasteiger partial charge in [-0.3, -0.25) is 14.8 Å². The summed E-state index contributed by atoms with van der Waals surface area (Å²) in [5, 5.41) is 7.20. The van der Waals surface area contributed by atoms with E-state index in [0.29, 0.717) is 6.04 Å². The summed E-state index contributed by atoms with van der Waals surface area (Å²) in [7, 11) is 1.85. The molecule has 2 aromatic rings. The first-order chi connectivity index (χ1) is 15.7. The van der Waals surface area contributed by atoms with Crippen LogP contribution in [0, 0.1) is 6.92 Å². The first-order valence-electron chi connectivity index (χ1n) is 11.8. The molecule has 0 spiro atoms. The second-order valence-corrected chi connectivity index (χ2v) is 8.75. The summed E-state index contributed by atoms with van der Waals surface area (Å²) in [6.45, 7) is 9.35. The average Bonchev–Trinajstić information content (AvgIpc) is 3.27. The molecule has 1 aromatic carbocycles. The number of aliphatic imine (C=N–C) groups is 1. The van der Waals surface area contributed by atoms with Gasteiger partial charge in [-0.05, 0) is 37.5 Å². The topological polar surface area (TPSA) is 65.3 Å². The lowest BCUT2D eigenvalue weighted by Gasteiger charge is -2.35. The monoisotopic (exact) mass is 439 g/mol. The molecular formula is C25H37N5O2. The van der Waals surface area contributed by atoms with Crippen molar-refractivity contribution < 1.29 is 9.15 Å². The van der Waals surface area contributed by atoms with E-state index in [0.717, 1.165) is 82.8 Å². The van der Waals surface area contributed by atoms with Crippen molar-refractivity contribution >= 4 is 5.96 Å². The molecule has 1 unspecified atom stereocenters. The van der Waals surface area contributed by atoms with Crippen molar-refractivity contribution in [2.45, 2.75) is 38.4 Å². The number of aryl methyl sites for hydroxylation is 1. The summed E-state index contributed by atoms with van der Waals surface area (Å²) in [6, 6.07) is 15.5. The highest BCUT2D eigenvalue weighted by Gasteiger charge is 2.26. The maximum Gasteiger partial charge on any atom is 0.191 e. The van der Waals surface area contributed by atoms with Gasteiger partial charge in [0.2, 0.25) is 0 Å². The van der Waals surface area contributed by atoms with E-state index in [1.54, 1.807) is 0 Å². The van der Waals surface area contributed by atoms with E-state index >= 15 is 0 Å². The maximum atomic E-state index is 5.99. The molecule has 0 saturated carbocycles. The normalized spacial score (nSPS) is 20.2. The highest BCUT2D eigenvalue weighted by molar-refractivity contribution is 5.80. The van der Waals surface area contributed by atoms with Crippen molar-refractivity contribution in [2.24, 2.45) is 4.99 Å². The summed E-state index contributed by atoms with van der Waals surface area (Å²) in [5.41, 5.74) is 1.39. The van der Waals surface area contributed by atoms with E-state index in [2.05, 4.69) is 61.8 Å². The fourth-order valence-corrected chi connectivity index (χ4v) is 4.59.